The molecule has 5 rings (SSSR count). The zero-order valence-corrected chi connectivity index (χ0v) is 20.1. The summed E-state index contributed by atoms with van der Waals surface area (Å²) in [5, 5.41) is 0.597. The van der Waals surface area contributed by atoms with Crippen LogP contribution < -0.4 is 4.90 Å². The number of rotatable bonds is 6. The Balaban J connectivity index is 1.44. The standard InChI is InChI=1S/C25H24N4O3S2/c30-24(19-9-8-16-28(17-19)34(31,32)21-11-2-1-3-12-21)29(18-20-10-6-7-15-26-20)25-27-22-13-4-5-14-23(22)33-25/h1-7,10-15,19H,8-9,16-18H2. The van der Waals surface area contributed by atoms with Crippen LogP contribution in [0.2, 0.25) is 0 Å². The highest BCUT2D eigenvalue weighted by molar-refractivity contribution is 7.89. The van der Waals surface area contributed by atoms with Gasteiger partial charge in [0, 0.05) is 19.3 Å². The summed E-state index contributed by atoms with van der Waals surface area (Å²) in [5.41, 5.74) is 1.58. The number of nitrogens with zero attached hydrogens (tertiary/aromatic N) is 4. The molecule has 0 bridgehead atoms. The molecule has 1 amide bonds. The maximum absolute atomic E-state index is 13.8. The van der Waals surface area contributed by atoms with Crippen LogP contribution in [0.5, 0.6) is 0 Å². The number of pyridine rings is 1. The number of sulfonamides is 1. The molecule has 0 saturated carbocycles. The molecule has 0 spiro atoms. The smallest absolute Gasteiger partial charge is 0.243 e. The van der Waals surface area contributed by atoms with Crippen LogP contribution in [0.15, 0.2) is 83.9 Å². The van der Waals surface area contributed by atoms with E-state index in [1.54, 1.807) is 41.4 Å². The molecule has 7 nitrogen and oxygen atoms in total. The van der Waals surface area contributed by atoms with Crippen molar-refractivity contribution in [2.45, 2.75) is 24.3 Å². The Labute approximate surface area is 202 Å². The molecular formula is C25H24N4O3S2. The first-order valence-corrected chi connectivity index (χ1v) is 13.4. The largest absolute Gasteiger partial charge is 0.282 e. The molecule has 34 heavy (non-hydrogen) atoms. The minimum absolute atomic E-state index is 0.127. The summed E-state index contributed by atoms with van der Waals surface area (Å²) in [6.45, 7) is 0.837. The van der Waals surface area contributed by atoms with E-state index < -0.39 is 15.9 Å². The summed E-state index contributed by atoms with van der Waals surface area (Å²) in [5.74, 6) is -0.583. The fraction of sp³-hybridized carbons (Fsp3) is 0.240. The van der Waals surface area contributed by atoms with Gasteiger partial charge in [-0.15, -0.1) is 0 Å². The SMILES string of the molecule is O=C(C1CCCN(S(=O)(=O)c2ccccc2)C1)N(Cc1ccccn1)c1nc2ccccc2s1. The predicted octanol–water partition coefficient (Wildman–Crippen LogP) is 4.33. The first kappa shape index (κ1) is 22.6. The van der Waals surface area contributed by atoms with Gasteiger partial charge in [0.15, 0.2) is 5.13 Å². The van der Waals surface area contributed by atoms with Gasteiger partial charge in [-0.1, -0.05) is 47.7 Å². The molecule has 1 unspecified atom stereocenters. The first-order chi connectivity index (χ1) is 16.5. The molecule has 3 heterocycles. The highest BCUT2D eigenvalue weighted by Gasteiger charge is 2.36. The van der Waals surface area contributed by atoms with Crippen LogP contribution in [0.1, 0.15) is 18.5 Å². The van der Waals surface area contributed by atoms with Crippen LogP contribution in [0, 0.1) is 5.92 Å². The Morgan fingerprint density at radius 3 is 2.56 bits per heavy atom. The number of piperidine rings is 1. The number of benzene rings is 2. The third-order valence-corrected chi connectivity index (χ3v) is 8.88. The molecule has 0 N–H and O–H groups in total. The summed E-state index contributed by atoms with van der Waals surface area (Å²) in [6.07, 6.45) is 2.95. The van der Waals surface area contributed by atoms with E-state index in [-0.39, 0.29) is 23.9 Å². The third-order valence-electron chi connectivity index (χ3n) is 5.94. The van der Waals surface area contributed by atoms with E-state index >= 15 is 0 Å². The van der Waals surface area contributed by atoms with Crippen molar-refractivity contribution in [2.75, 3.05) is 18.0 Å². The van der Waals surface area contributed by atoms with Gasteiger partial charge in [0.1, 0.15) is 0 Å². The second-order valence-corrected chi connectivity index (χ2v) is 11.2. The van der Waals surface area contributed by atoms with Gasteiger partial charge >= 0.3 is 0 Å². The number of thiazole rings is 1. The lowest BCUT2D eigenvalue weighted by atomic mass is 9.98. The molecule has 1 aliphatic heterocycles. The number of amides is 1. The van der Waals surface area contributed by atoms with E-state index in [1.165, 1.54) is 15.6 Å². The molecule has 4 aromatic rings. The van der Waals surface area contributed by atoms with Gasteiger partial charge in [-0.05, 0) is 49.2 Å². The van der Waals surface area contributed by atoms with Crippen LogP contribution in [0.25, 0.3) is 10.2 Å². The summed E-state index contributed by atoms with van der Waals surface area (Å²) in [6, 6.07) is 21.8. The fourth-order valence-electron chi connectivity index (χ4n) is 4.19. The van der Waals surface area contributed by atoms with Gasteiger partial charge in [-0.3, -0.25) is 14.7 Å². The van der Waals surface area contributed by atoms with Gasteiger partial charge < -0.3 is 0 Å². The average Bonchev–Trinajstić information content (AvgIpc) is 3.32. The van der Waals surface area contributed by atoms with Crippen molar-refractivity contribution in [3.63, 3.8) is 0 Å². The monoisotopic (exact) mass is 492 g/mol. The number of carbonyl (C=O) groups excluding carboxylic acids is 1. The molecule has 9 heteroatoms. The summed E-state index contributed by atoms with van der Waals surface area (Å²) < 4.78 is 28.8. The number of anilines is 1. The highest BCUT2D eigenvalue weighted by atomic mass is 32.2. The van der Waals surface area contributed by atoms with Crippen molar-refractivity contribution in [3.8, 4) is 0 Å². The van der Waals surface area contributed by atoms with Crippen molar-refractivity contribution < 1.29 is 13.2 Å². The van der Waals surface area contributed by atoms with E-state index in [9.17, 15) is 13.2 Å². The van der Waals surface area contributed by atoms with E-state index in [0.29, 0.717) is 24.5 Å². The van der Waals surface area contributed by atoms with E-state index in [2.05, 4.69) is 4.98 Å². The molecule has 0 aliphatic carbocycles. The highest BCUT2D eigenvalue weighted by Crippen LogP contribution is 2.32. The molecular weight excluding hydrogens is 468 g/mol. The normalized spacial score (nSPS) is 17.0. The summed E-state index contributed by atoms with van der Waals surface area (Å²) in [4.78, 5) is 24.8. The molecule has 1 saturated heterocycles. The van der Waals surface area contributed by atoms with Gasteiger partial charge in [0.05, 0.1) is 33.3 Å². The van der Waals surface area contributed by atoms with Crippen LogP contribution in [-0.2, 0) is 21.4 Å². The van der Waals surface area contributed by atoms with Crippen molar-refractivity contribution in [3.05, 3.63) is 84.7 Å². The van der Waals surface area contributed by atoms with Crippen molar-refractivity contribution in [1.82, 2.24) is 14.3 Å². The lowest BCUT2D eigenvalue weighted by molar-refractivity contribution is -0.123. The van der Waals surface area contributed by atoms with Gasteiger partial charge in [0.25, 0.3) is 0 Å². The third kappa shape index (κ3) is 4.59. The van der Waals surface area contributed by atoms with E-state index in [4.69, 9.17) is 4.98 Å². The van der Waals surface area contributed by atoms with Crippen LogP contribution in [0.4, 0.5) is 5.13 Å². The predicted molar refractivity (Wildman–Crippen MR) is 133 cm³/mol. The average molecular weight is 493 g/mol. The van der Waals surface area contributed by atoms with Crippen molar-refractivity contribution in [2.24, 2.45) is 5.92 Å². The van der Waals surface area contributed by atoms with Crippen LogP contribution in [0.3, 0.4) is 0 Å². The minimum atomic E-state index is -3.66. The topological polar surface area (TPSA) is 83.5 Å². The second-order valence-electron chi connectivity index (χ2n) is 8.22. The number of para-hydroxylation sites is 1. The first-order valence-electron chi connectivity index (χ1n) is 11.1. The zero-order chi connectivity index (χ0) is 23.5. The zero-order valence-electron chi connectivity index (χ0n) is 18.4. The molecule has 1 atom stereocenters. The number of fused-ring (bicyclic) bond motifs is 1. The maximum atomic E-state index is 13.8. The fourth-order valence-corrected chi connectivity index (χ4v) is 6.71. The van der Waals surface area contributed by atoms with Crippen molar-refractivity contribution in [1.29, 1.82) is 0 Å². The van der Waals surface area contributed by atoms with Gasteiger partial charge in [-0.25, -0.2) is 13.4 Å². The van der Waals surface area contributed by atoms with Gasteiger partial charge in [0.2, 0.25) is 15.9 Å². The Morgan fingerprint density at radius 2 is 1.79 bits per heavy atom. The summed E-state index contributed by atoms with van der Waals surface area (Å²) >= 11 is 1.45. The maximum Gasteiger partial charge on any atom is 0.243 e. The molecule has 174 valence electrons. The molecule has 2 aromatic carbocycles. The van der Waals surface area contributed by atoms with Crippen LogP contribution >= 0.6 is 11.3 Å². The lowest BCUT2D eigenvalue weighted by Gasteiger charge is -2.33. The van der Waals surface area contributed by atoms with Gasteiger partial charge in [-0.2, -0.15) is 4.31 Å². The molecule has 2 aromatic heterocycles. The quantitative estimate of drug-likeness (QED) is 0.400. The molecule has 1 fully saturated rings. The Kier molecular flexibility index (Phi) is 6.40. The molecule has 1 aliphatic rings. The lowest BCUT2D eigenvalue weighted by Crippen LogP contribution is -2.46. The number of hydrogen-bond acceptors (Lipinski definition) is 6. The second kappa shape index (κ2) is 9.61. The molecule has 0 radical (unpaired) electrons. The number of aromatic nitrogens is 2. The Bertz CT molecular complexity index is 1360. The van der Waals surface area contributed by atoms with Crippen LogP contribution in [-0.4, -0.2) is 41.7 Å². The Morgan fingerprint density at radius 1 is 1.03 bits per heavy atom. The Hall–Kier alpha value is -3.14. The van der Waals surface area contributed by atoms with E-state index in [0.717, 1.165) is 15.9 Å². The van der Waals surface area contributed by atoms with Crippen molar-refractivity contribution >= 4 is 42.6 Å². The minimum Gasteiger partial charge on any atom is -0.282 e. The summed E-state index contributed by atoms with van der Waals surface area (Å²) in [7, 11) is -3.66. The number of carbonyl (C=O) groups is 1. The van der Waals surface area contributed by atoms with E-state index in [1.807, 2.05) is 42.5 Å². The number of hydrogen-bond donors (Lipinski definition) is 0.